The molecule has 0 heterocycles. The molecule has 0 aliphatic carbocycles. The molecular formula is C10H15N. The third kappa shape index (κ3) is 5.34. The molecule has 11 heavy (non-hydrogen) atoms. The Morgan fingerprint density at radius 3 is 2.36 bits per heavy atom. The van der Waals surface area contributed by atoms with E-state index in [1.165, 1.54) is 0 Å². The van der Waals surface area contributed by atoms with Gasteiger partial charge in [-0.1, -0.05) is 24.3 Å². The minimum Gasteiger partial charge on any atom is -0.266 e. The molecule has 60 valence electrons. The smallest absolute Gasteiger partial charge is 0.0368 e. The number of hydrogen-bond acceptors (Lipinski definition) is 1. The Labute approximate surface area is 68.9 Å². The molecule has 0 saturated heterocycles. The van der Waals surface area contributed by atoms with Crippen LogP contribution >= 0.6 is 0 Å². The molecule has 0 unspecified atom stereocenters. The maximum atomic E-state index is 4.09. The summed E-state index contributed by atoms with van der Waals surface area (Å²) in [7, 11) is 0. The summed E-state index contributed by atoms with van der Waals surface area (Å²) in [5.74, 6) is 0. The lowest BCUT2D eigenvalue weighted by atomic mass is 10.2. The lowest BCUT2D eigenvalue weighted by molar-refractivity contribution is 1.31. The first kappa shape index (κ1) is 9.89. The summed E-state index contributed by atoms with van der Waals surface area (Å²) in [5, 5.41) is 0. The van der Waals surface area contributed by atoms with E-state index < -0.39 is 0 Å². The van der Waals surface area contributed by atoms with Crippen LogP contribution in [0.15, 0.2) is 41.1 Å². The summed E-state index contributed by atoms with van der Waals surface area (Å²) in [6.07, 6.45) is 7.56. The van der Waals surface area contributed by atoms with Crippen molar-refractivity contribution < 1.29 is 0 Å². The van der Waals surface area contributed by atoms with E-state index in [1.807, 2.05) is 39.0 Å². The van der Waals surface area contributed by atoms with Gasteiger partial charge in [-0.3, -0.25) is 4.99 Å². The van der Waals surface area contributed by atoms with Gasteiger partial charge in [-0.15, -0.1) is 0 Å². The van der Waals surface area contributed by atoms with E-state index in [0.29, 0.717) is 0 Å². The molecule has 0 aliphatic heterocycles. The molecule has 0 spiro atoms. The van der Waals surface area contributed by atoms with Gasteiger partial charge in [0.1, 0.15) is 0 Å². The normalized spacial score (nSPS) is 14.1. The second kappa shape index (κ2) is 5.66. The predicted octanol–water partition coefficient (Wildman–Crippen LogP) is 3.11. The van der Waals surface area contributed by atoms with Crippen LogP contribution in [0.5, 0.6) is 0 Å². The van der Waals surface area contributed by atoms with Crippen molar-refractivity contribution in [3.8, 4) is 0 Å². The molecule has 0 aromatic heterocycles. The zero-order valence-electron chi connectivity index (χ0n) is 7.46. The molecule has 0 aliphatic rings. The van der Waals surface area contributed by atoms with Crippen molar-refractivity contribution in [1.82, 2.24) is 0 Å². The van der Waals surface area contributed by atoms with Crippen LogP contribution in [0.3, 0.4) is 0 Å². The molecule has 0 fully saturated rings. The van der Waals surface area contributed by atoms with Gasteiger partial charge in [0, 0.05) is 11.9 Å². The van der Waals surface area contributed by atoms with Crippen LogP contribution < -0.4 is 0 Å². The van der Waals surface area contributed by atoms with E-state index in [-0.39, 0.29) is 0 Å². The molecular weight excluding hydrogens is 134 g/mol. The number of nitrogens with zero attached hydrogens (tertiary/aromatic N) is 1. The van der Waals surface area contributed by atoms with E-state index in [1.54, 1.807) is 6.21 Å². The quantitative estimate of drug-likeness (QED) is 0.432. The molecule has 0 aromatic carbocycles. The first-order valence-corrected chi connectivity index (χ1v) is 3.67. The van der Waals surface area contributed by atoms with Gasteiger partial charge in [-0.05, 0) is 26.8 Å². The third-order valence-electron chi connectivity index (χ3n) is 1.24. The molecule has 0 bridgehead atoms. The summed E-state index contributed by atoms with van der Waals surface area (Å²) in [6.45, 7) is 9.52. The van der Waals surface area contributed by atoms with Gasteiger partial charge < -0.3 is 0 Å². The summed E-state index contributed by atoms with van der Waals surface area (Å²) in [5.41, 5.74) is 2.16. The highest BCUT2D eigenvalue weighted by Gasteiger charge is 1.78. The van der Waals surface area contributed by atoms with E-state index in [2.05, 4.69) is 11.6 Å². The van der Waals surface area contributed by atoms with Crippen molar-refractivity contribution in [1.29, 1.82) is 0 Å². The van der Waals surface area contributed by atoms with E-state index in [0.717, 1.165) is 11.3 Å². The van der Waals surface area contributed by atoms with Gasteiger partial charge in [-0.2, -0.15) is 0 Å². The molecule has 0 atom stereocenters. The zero-order valence-corrected chi connectivity index (χ0v) is 7.46. The lowest BCUT2D eigenvalue weighted by Gasteiger charge is -1.88. The summed E-state index contributed by atoms with van der Waals surface area (Å²) in [6, 6.07) is 0. The fraction of sp³-hybridized carbons (Fsp3) is 0.300. The van der Waals surface area contributed by atoms with Crippen LogP contribution in [0.1, 0.15) is 20.8 Å². The largest absolute Gasteiger partial charge is 0.266 e. The molecule has 1 nitrogen and oxygen atoms in total. The highest BCUT2D eigenvalue weighted by atomic mass is 14.7. The van der Waals surface area contributed by atoms with Crippen molar-refractivity contribution in [2.75, 3.05) is 0 Å². The van der Waals surface area contributed by atoms with Gasteiger partial charge in [0.2, 0.25) is 0 Å². The van der Waals surface area contributed by atoms with Crippen molar-refractivity contribution in [3.63, 3.8) is 0 Å². The van der Waals surface area contributed by atoms with Crippen LogP contribution in [-0.4, -0.2) is 6.21 Å². The van der Waals surface area contributed by atoms with Crippen molar-refractivity contribution in [3.05, 3.63) is 36.1 Å². The second-order valence-corrected chi connectivity index (χ2v) is 2.31. The van der Waals surface area contributed by atoms with Crippen molar-refractivity contribution in [2.24, 2.45) is 4.99 Å². The number of hydrogen-bond donors (Lipinski definition) is 0. The average molecular weight is 149 g/mol. The van der Waals surface area contributed by atoms with Gasteiger partial charge in [0.15, 0.2) is 0 Å². The Morgan fingerprint density at radius 1 is 1.27 bits per heavy atom. The standard InChI is InChI=1S/C10H15N/c1-5-9(3)7-8-10(4)11-6-2/h5-8H,1H2,2-4H3/b9-7-,10-8+,11-6?. The van der Waals surface area contributed by atoms with Gasteiger partial charge in [0.25, 0.3) is 0 Å². The highest BCUT2D eigenvalue weighted by Crippen LogP contribution is 1.98. The molecule has 0 saturated carbocycles. The van der Waals surface area contributed by atoms with Crippen molar-refractivity contribution >= 4 is 6.21 Å². The van der Waals surface area contributed by atoms with Crippen LogP contribution in [-0.2, 0) is 0 Å². The molecule has 0 amide bonds. The fourth-order valence-electron chi connectivity index (χ4n) is 0.567. The number of allylic oxidation sites excluding steroid dienone is 5. The van der Waals surface area contributed by atoms with Crippen LogP contribution in [0.4, 0.5) is 0 Å². The molecule has 0 N–H and O–H groups in total. The van der Waals surface area contributed by atoms with E-state index in [9.17, 15) is 0 Å². The third-order valence-corrected chi connectivity index (χ3v) is 1.24. The summed E-state index contributed by atoms with van der Waals surface area (Å²) >= 11 is 0. The monoisotopic (exact) mass is 149 g/mol. The topological polar surface area (TPSA) is 12.4 Å². The minimum absolute atomic E-state index is 1.01. The fourth-order valence-corrected chi connectivity index (χ4v) is 0.567. The zero-order chi connectivity index (χ0) is 8.69. The van der Waals surface area contributed by atoms with Crippen molar-refractivity contribution in [2.45, 2.75) is 20.8 Å². The molecule has 1 heteroatoms. The predicted molar refractivity (Wildman–Crippen MR) is 51.9 cm³/mol. The van der Waals surface area contributed by atoms with Crippen LogP contribution in [0, 0.1) is 0 Å². The summed E-state index contributed by atoms with van der Waals surface area (Å²) in [4.78, 5) is 4.09. The maximum Gasteiger partial charge on any atom is 0.0368 e. The second-order valence-electron chi connectivity index (χ2n) is 2.31. The average Bonchev–Trinajstić information content (AvgIpc) is 2.01. The Kier molecular flexibility index (Phi) is 5.09. The highest BCUT2D eigenvalue weighted by molar-refractivity contribution is 5.55. The van der Waals surface area contributed by atoms with E-state index >= 15 is 0 Å². The molecule has 0 radical (unpaired) electrons. The molecule has 0 rings (SSSR count). The van der Waals surface area contributed by atoms with Crippen LogP contribution in [0.25, 0.3) is 0 Å². The molecule has 0 aromatic rings. The SMILES string of the molecule is C=C/C(C)=C\C=C(/C)N=CC. The van der Waals surface area contributed by atoms with Crippen LogP contribution in [0.2, 0.25) is 0 Å². The first-order valence-electron chi connectivity index (χ1n) is 3.67. The summed E-state index contributed by atoms with van der Waals surface area (Å²) < 4.78 is 0. The Balaban J connectivity index is 4.21. The lowest BCUT2D eigenvalue weighted by Crippen LogP contribution is -1.69. The Hall–Kier alpha value is -1.11. The minimum atomic E-state index is 1.01. The number of aliphatic imine (C=N–C) groups is 1. The van der Waals surface area contributed by atoms with Gasteiger partial charge in [0.05, 0.1) is 0 Å². The van der Waals surface area contributed by atoms with Gasteiger partial charge in [-0.25, -0.2) is 0 Å². The van der Waals surface area contributed by atoms with E-state index in [4.69, 9.17) is 0 Å². The number of rotatable bonds is 3. The Morgan fingerprint density at radius 2 is 1.91 bits per heavy atom. The maximum absolute atomic E-state index is 4.09. The van der Waals surface area contributed by atoms with Gasteiger partial charge >= 0.3 is 0 Å². The Bertz CT molecular complexity index is 207. The first-order chi connectivity index (χ1) is 5.20.